The highest BCUT2D eigenvalue weighted by atomic mass is 35.5. The Hall–Kier alpha value is -1.78. The monoisotopic (exact) mass is 316 g/mol. The first-order valence-electron chi connectivity index (χ1n) is 6.50. The zero-order valence-corrected chi connectivity index (χ0v) is 13.0. The third kappa shape index (κ3) is 3.28. The lowest BCUT2D eigenvalue weighted by Gasteiger charge is -2.01. The highest BCUT2D eigenvalue weighted by Gasteiger charge is 2.11. The average Bonchev–Trinajstić information content (AvgIpc) is 2.96. The molecule has 3 nitrogen and oxygen atoms in total. The van der Waals surface area contributed by atoms with Crippen LogP contribution in [0.1, 0.15) is 11.1 Å². The third-order valence-corrected chi connectivity index (χ3v) is 4.33. The number of thioether (sulfide) groups is 1. The van der Waals surface area contributed by atoms with E-state index in [2.05, 4.69) is 10.2 Å². The van der Waals surface area contributed by atoms with Crippen LogP contribution in [-0.4, -0.2) is 10.2 Å². The molecule has 3 rings (SSSR count). The van der Waals surface area contributed by atoms with Gasteiger partial charge in [0, 0.05) is 16.3 Å². The van der Waals surface area contributed by atoms with Crippen molar-refractivity contribution in [2.45, 2.75) is 17.9 Å². The van der Waals surface area contributed by atoms with Crippen molar-refractivity contribution in [2.75, 3.05) is 0 Å². The lowest BCUT2D eigenvalue weighted by atomic mass is 10.1. The van der Waals surface area contributed by atoms with Crippen LogP contribution in [0.3, 0.4) is 0 Å². The molecule has 0 saturated carbocycles. The van der Waals surface area contributed by atoms with Gasteiger partial charge in [0.15, 0.2) is 0 Å². The first-order chi connectivity index (χ1) is 10.2. The molecule has 0 fully saturated rings. The van der Waals surface area contributed by atoms with Crippen LogP contribution in [0.4, 0.5) is 0 Å². The quantitative estimate of drug-likeness (QED) is 0.636. The van der Waals surface area contributed by atoms with Gasteiger partial charge in [-0.1, -0.05) is 59.8 Å². The van der Waals surface area contributed by atoms with Gasteiger partial charge in [-0.25, -0.2) is 0 Å². The van der Waals surface area contributed by atoms with Crippen molar-refractivity contribution < 1.29 is 4.42 Å². The van der Waals surface area contributed by atoms with Gasteiger partial charge in [-0.2, -0.15) is 0 Å². The number of aryl methyl sites for hydroxylation is 1. The number of nitrogens with zero attached hydrogens (tertiary/aromatic N) is 2. The van der Waals surface area contributed by atoms with Gasteiger partial charge >= 0.3 is 0 Å². The van der Waals surface area contributed by atoms with Crippen molar-refractivity contribution in [1.29, 1.82) is 0 Å². The molecular formula is C16H13ClN2OS. The van der Waals surface area contributed by atoms with E-state index >= 15 is 0 Å². The van der Waals surface area contributed by atoms with Crippen LogP contribution >= 0.6 is 23.4 Å². The van der Waals surface area contributed by atoms with Gasteiger partial charge in [0.05, 0.1) is 0 Å². The van der Waals surface area contributed by atoms with E-state index in [9.17, 15) is 0 Å². The molecule has 0 spiro atoms. The summed E-state index contributed by atoms with van der Waals surface area (Å²) in [6.45, 7) is 2.02. The lowest BCUT2D eigenvalue weighted by molar-refractivity contribution is 0.465. The number of aromatic nitrogens is 2. The second-order valence-corrected chi connectivity index (χ2v) is 5.90. The summed E-state index contributed by atoms with van der Waals surface area (Å²) in [5.41, 5.74) is 3.14. The van der Waals surface area contributed by atoms with Crippen molar-refractivity contribution in [3.63, 3.8) is 0 Å². The summed E-state index contributed by atoms with van der Waals surface area (Å²) in [6, 6.07) is 15.7. The maximum Gasteiger partial charge on any atom is 0.277 e. The SMILES string of the molecule is Cc1ccccc1-c1nnc(SCc2ccccc2Cl)o1. The smallest absolute Gasteiger partial charge is 0.277 e. The number of benzene rings is 2. The molecule has 0 amide bonds. The van der Waals surface area contributed by atoms with Gasteiger partial charge in [0.25, 0.3) is 5.22 Å². The molecular weight excluding hydrogens is 304 g/mol. The van der Waals surface area contributed by atoms with E-state index < -0.39 is 0 Å². The summed E-state index contributed by atoms with van der Waals surface area (Å²) in [5, 5.41) is 9.50. The predicted octanol–water partition coefficient (Wildman–Crippen LogP) is 4.99. The Kier molecular flexibility index (Phi) is 4.27. The minimum absolute atomic E-state index is 0.549. The van der Waals surface area contributed by atoms with Crippen molar-refractivity contribution in [3.8, 4) is 11.5 Å². The van der Waals surface area contributed by atoms with E-state index in [4.69, 9.17) is 16.0 Å². The Bertz CT molecular complexity index is 757. The van der Waals surface area contributed by atoms with E-state index in [1.165, 1.54) is 11.8 Å². The number of halogens is 1. The second-order valence-electron chi connectivity index (χ2n) is 4.57. The largest absolute Gasteiger partial charge is 0.411 e. The summed E-state index contributed by atoms with van der Waals surface area (Å²) in [4.78, 5) is 0. The zero-order chi connectivity index (χ0) is 14.7. The highest BCUT2D eigenvalue weighted by molar-refractivity contribution is 7.98. The molecule has 21 heavy (non-hydrogen) atoms. The van der Waals surface area contributed by atoms with Gasteiger partial charge in [0.2, 0.25) is 5.89 Å². The standard InChI is InChI=1S/C16H13ClN2OS/c1-11-6-2-4-8-13(11)15-18-19-16(20-15)21-10-12-7-3-5-9-14(12)17/h2-9H,10H2,1H3. The molecule has 0 aliphatic rings. The molecule has 1 heterocycles. The minimum Gasteiger partial charge on any atom is -0.411 e. The topological polar surface area (TPSA) is 38.9 Å². The number of hydrogen-bond acceptors (Lipinski definition) is 4. The molecule has 0 unspecified atom stereocenters. The second kappa shape index (κ2) is 6.33. The van der Waals surface area contributed by atoms with Gasteiger partial charge < -0.3 is 4.42 Å². The lowest BCUT2D eigenvalue weighted by Crippen LogP contribution is -1.81. The molecule has 0 N–H and O–H groups in total. The van der Waals surface area contributed by atoms with Crippen molar-refractivity contribution in [1.82, 2.24) is 10.2 Å². The average molecular weight is 317 g/mol. The van der Waals surface area contributed by atoms with Crippen LogP contribution in [0.15, 0.2) is 58.2 Å². The van der Waals surface area contributed by atoms with Gasteiger partial charge in [-0.05, 0) is 30.2 Å². The molecule has 0 aliphatic heterocycles. The zero-order valence-electron chi connectivity index (χ0n) is 11.4. The van der Waals surface area contributed by atoms with E-state index in [1.54, 1.807) is 0 Å². The number of hydrogen-bond donors (Lipinski definition) is 0. The first kappa shape index (κ1) is 14.2. The third-order valence-electron chi connectivity index (χ3n) is 3.09. The van der Waals surface area contributed by atoms with Crippen molar-refractivity contribution in [2.24, 2.45) is 0 Å². The summed E-state index contributed by atoms with van der Waals surface area (Å²) < 4.78 is 5.71. The van der Waals surface area contributed by atoms with Gasteiger partial charge in [-0.3, -0.25) is 0 Å². The van der Waals surface area contributed by atoms with E-state index in [1.807, 2.05) is 55.5 Å². The molecule has 0 aliphatic carbocycles. The highest BCUT2D eigenvalue weighted by Crippen LogP contribution is 2.29. The summed E-state index contributed by atoms with van der Waals surface area (Å²) in [7, 11) is 0. The molecule has 1 aromatic heterocycles. The Morgan fingerprint density at radius 1 is 1.05 bits per heavy atom. The van der Waals surface area contributed by atoms with E-state index in [0.717, 1.165) is 21.7 Å². The number of rotatable bonds is 4. The van der Waals surface area contributed by atoms with Gasteiger partial charge in [-0.15, -0.1) is 10.2 Å². The summed E-state index contributed by atoms with van der Waals surface area (Å²) >= 11 is 7.62. The van der Waals surface area contributed by atoms with Gasteiger partial charge in [0.1, 0.15) is 0 Å². The van der Waals surface area contributed by atoms with Crippen LogP contribution in [-0.2, 0) is 5.75 Å². The normalized spacial score (nSPS) is 10.8. The van der Waals surface area contributed by atoms with E-state index in [0.29, 0.717) is 16.9 Å². The van der Waals surface area contributed by atoms with Crippen LogP contribution < -0.4 is 0 Å². The van der Waals surface area contributed by atoms with Crippen LogP contribution in [0, 0.1) is 6.92 Å². The molecule has 2 aromatic carbocycles. The molecule has 0 saturated heterocycles. The minimum atomic E-state index is 0.549. The maximum atomic E-state index is 6.13. The fourth-order valence-corrected chi connectivity index (χ4v) is 2.99. The molecule has 0 atom stereocenters. The summed E-state index contributed by atoms with van der Waals surface area (Å²) in [6.07, 6.45) is 0. The molecule has 3 aromatic rings. The molecule has 106 valence electrons. The first-order valence-corrected chi connectivity index (χ1v) is 7.86. The maximum absolute atomic E-state index is 6.13. The Balaban J connectivity index is 1.74. The van der Waals surface area contributed by atoms with Crippen LogP contribution in [0.25, 0.3) is 11.5 Å². The Morgan fingerprint density at radius 2 is 1.81 bits per heavy atom. The fourth-order valence-electron chi connectivity index (χ4n) is 1.94. The van der Waals surface area contributed by atoms with E-state index in [-0.39, 0.29) is 0 Å². The molecule has 0 radical (unpaired) electrons. The Morgan fingerprint density at radius 3 is 2.62 bits per heavy atom. The van der Waals surface area contributed by atoms with Crippen molar-refractivity contribution >= 4 is 23.4 Å². The van der Waals surface area contributed by atoms with Crippen LogP contribution in [0.5, 0.6) is 0 Å². The summed E-state index contributed by atoms with van der Waals surface area (Å²) in [5.74, 6) is 1.25. The predicted molar refractivity (Wildman–Crippen MR) is 85.5 cm³/mol. The Labute approximate surface area is 132 Å². The fraction of sp³-hybridized carbons (Fsp3) is 0.125. The molecule has 0 bridgehead atoms. The van der Waals surface area contributed by atoms with Crippen molar-refractivity contribution in [3.05, 3.63) is 64.7 Å². The molecule has 5 heteroatoms. The van der Waals surface area contributed by atoms with Crippen LogP contribution in [0.2, 0.25) is 5.02 Å².